The van der Waals surface area contributed by atoms with Gasteiger partial charge in [0.15, 0.2) is 0 Å². The van der Waals surface area contributed by atoms with Crippen LogP contribution in [0.5, 0.6) is 0 Å². The SMILES string of the molecule is Cc1cccc(N2CCN(c3nc(C)cc(NCc4ccco4)n3)CC2)c1. The van der Waals surface area contributed by atoms with Crippen LogP contribution in [0.3, 0.4) is 0 Å². The maximum absolute atomic E-state index is 5.37. The fraction of sp³-hybridized carbons (Fsp3) is 0.333. The van der Waals surface area contributed by atoms with E-state index in [4.69, 9.17) is 9.40 Å². The quantitative estimate of drug-likeness (QED) is 0.747. The summed E-state index contributed by atoms with van der Waals surface area (Å²) in [5, 5.41) is 3.33. The molecule has 27 heavy (non-hydrogen) atoms. The van der Waals surface area contributed by atoms with E-state index in [1.165, 1.54) is 11.3 Å². The molecule has 0 aliphatic carbocycles. The molecule has 140 valence electrons. The fourth-order valence-electron chi connectivity index (χ4n) is 3.37. The fourth-order valence-corrected chi connectivity index (χ4v) is 3.37. The Hall–Kier alpha value is -3.02. The van der Waals surface area contributed by atoms with Crippen LogP contribution in [0, 0.1) is 13.8 Å². The molecule has 1 fully saturated rings. The second-order valence-electron chi connectivity index (χ2n) is 6.94. The minimum atomic E-state index is 0.615. The third kappa shape index (κ3) is 4.22. The second kappa shape index (κ2) is 7.70. The molecule has 0 atom stereocenters. The van der Waals surface area contributed by atoms with E-state index in [1.54, 1.807) is 6.26 Å². The Balaban J connectivity index is 1.41. The number of rotatable bonds is 5. The average Bonchev–Trinajstić information content (AvgIpc) is 3.20. The highest BCUT2D eigenvalue weighted by Gasteiger charge is 2.20. The highest BCUT2D eigenvalue weighted by Crippen LogP contribution is 2.21. The molecule has 6 heteroatoms. The lowest BCUT2D eigenvalue weighted by atomic mass is 10.2. The van der Waals surface area contributed by atoms with E-state index < -0.39 is 0 Å². The maximum Gasteiger partial charge on any atom is 0.227 e. The summed E-state index contributed by atoms with van der Waals surface area (Å²) in [5.41, 5.74) is 3.55. The topological polar surface area (TPSA) is 57.4 Å². The monoisotopic (exact) mass is 363 g/mol. The van der Waals surface area contributed by atoms with Gasteiger partial charge in [0, 0.05) is 43.6 Å². The lowest BCUT2D eigenvalue weighted by Gasteiger charge is -2.36. The van der Waals surface area contributed by atoms with Crippen molar-refractivity contribution in [2.45, 2.75) is 20.4 Å². The third-order valence-electron chi connectivity index (χ3n) is 4.80. The third-order valence-corrected chi connectivity index (χ3v) is 4.80. The van der Waals surface area contributed by atoms with Gasteiger partial charge in [-0.05, 0) is 43.7 Å². The van der Waals surface area contributed by atoms with Gasteiger partial charge in [0.1, 0.15) is 11.6 Å². The van der Waals surface area contributed by atoms with E-state index in [0.29, 0.717) is 6.54 Å². The standard InChI is InChI=1S/C21H25N5O/c1-16-5-3-6-18(13-16)25-8-10-26(11-9-25)21-23-17(2)14-20(24-21)22-15-19-7-4-12-27-19/h3-7,12-14H,8-11,15H2,1-2H3,(H,22,23,24). The first kappa shape index (κ1) is 17.4. The van der Waals surface area contributed by atoms with Gasteiger partial charge in [0.05, 0.1) is 12.8 Å². The molecule has 0 spiro atoms. The second-order valence-corrected chi connectivity index (χ2v) is 6.94. The highest BCUT2D eigenvalue weighted by molar-refractivity contribution is 5.51. The lowest BCUT2D eigenvalue weighted by Crippen LogP contribution is -2.47. The van der Waals surface area contributed by atoms with Crippen LogP contribution >= 0.6 is 0 Å². The number of aryl methyl sites for hydroxylation is 2. The molecule has 4 rings (SSSR count). The molecule has 0 bridgehead atoms. The predicted molar refractivity (Wildman–Crippen MR) is 108 cm³/mol. The Morgan fingerprint density at radius 1 is 0.963 bits per heavy atom. The summed E-state index contributed by atoms with van der Waals surface area (Å²) in [5.74, 6) is 2.51. The maximum atomic E-state index is 5.37. The number of hydrogen-bond acceptors (Lipinski definition) is 6. The van der Waals surface area contributed by atoms with E-state index in [-0.39, 0.29) is 0 Å². The van der Waals surface area contributed by atoms with Crippen molar-refractivity contribution in [1.82, 2.24) is 9.97 Å². The largest absolute Gasteiger partial charge is 0.467 e. The zero-order valence-corrected chi connectivity index (χ0v) is 15.9. The Morgan fingerprint density at radius 3 is 2.52 bits per heavy atom. The molecule has 0 amide bonds. The summed E-state index contributed by atoms with van der Waals surface area (Å²) in [7, 11) is 0. The van der Waals surface area contributed by atoms with Gasteiger partial charge in [-0.25, -0.2) is 4.98 Å². The van der Waals surface area contributed by atoms with Crippen molar-refractivity contribution < 1.29 is 4.42 Å². The number of aromatic nitrogens is 2. The first-order chi connectivity index (χ1) is 13.2. The van der Waals surface area contributed by atoms with Gasteiger partial charge in [-0.15, -0.1) is 0 Å². The molecule has 0 unspecified atom stereocenters. The molecule has 1 aliphatic heterocycles. The lowest BCUT2D eigenvalue weighted by molar-refractivity contribution is 0.517. The number of nitrogens with one attached hydrogen (secondary N) is 1. The molecular formula is C21H25N5O. The van der Waals surface area contributed by atoms with Crippen molar-refractivity contribution in [3.8, 4) is 0 Å². The van der Waals surface area contributed by atoms with Crippen LogP contribution in [0.1, 0.15) is 17.0 Å². The van der Waals surface area contributed by atoms with Gasteiger partial charge >= 0.3 is 0 Å². The zero-order chi connectivity index (χ0) is 18.6. The number of hydrogen-bond donors (Lipinski definition) is 1. The van der Waals surface area contributed by atoms with E-state index in [1.807, 2.05) is 25.1 Å². The number of anilines is 3. The van der Waals surface area contributed by atoms with Crippen molar-refractivity contribution in [1.29, 1.82) is 0 Å². The van der Waals surface area contributed by atoms with E-state index >= 15 is 0 Å². The summed E-state index contributed by atoms with van der Waals surface area (Å²) >= 11 is 0. The number of piperazine rings is 1. The molecule has 1 N–H and O–H groups in total. The number of nitrogens with zero attached hydrogens (tertiary/aromatic N) is 4. The molecule has 6 nitrogen and oxygen atoms in total. The van der Waals surface area contributed by atoms with Crippen molar-refractivity contribution in [2.75, 3.05) is 41.3 Å². The minimum Gasteiger partial charge on any atom is -0.467 e. The van der Waals surface area contributed by atoms with Crippen LogP contribution in [-0.2, 0) is 6.54 Å². The molecule has 2 aromatic heterocycles. The average molecular weight is 363 g/mol. The van der Waals surface area contributed by atoms with Crippen LogP contribution in [0.25, 0.3) is 0 Å². The van der Waals surface area contributed by atoms with Crippen LogP contribution in [0.2, 0.25) is 0 Å². The highest BCUT2D eigenvalue weighted by atomic mass is 16.3. The first-order valence-corrected chi connectivity index (χ1v) is 9.36. The summed E-state index contributed by atoms with van der Waals surface area (Å²) in [6.07, 6.45) is 1.68. The molecule has 3 aromatic rings. The van der Waals surface area contributed by atoms with Crippen molar-refractivity contribution >= 4 is 17.5 Å². The van der Waals surface area contributed by atoms with Gasteiger partial charge < -0.3 is 19.5 Å². The van der Waals surface area contributed by atoms with Gasteiger partial charge in [-0.3, -0.25) is 0 Å². The molecule has 1 saturated heterocycles. The predicted octanol–water partition coefficient (Wildman–Crippen LogP) is 3.63. The molecule has 1 aliphatic rings. The first-order valence-electron chi connectivity index (χ1n) is 9.36. The smallest absolute Gasteiger partial charge is 0.227 e. The van der Waals surface area contributed by atoms with Crippen LogP contribution in [-0.4, -0.2) is 36.1 Å². The number of furan rings is 1. The Morgan fingerprint density at radius 2 is 1.78 bits per heavy atom. The Kier molecular flexibility index (Phi) is 4.96. The summed E-state index contributed by atoms with van der Waals surface area (Å²) in [6.45, 7) is 8.52. The Labute approximate surface area is 159 Å². The molecule has 0 saturated carbocycles. The summed E-state index contributed by atoms with van der Waals surface area (Å²) in [4.78, 5) is 14.0. The van der Waals surface area contributed by atoms with E-state index in [9.17, 15) is 0 Å². The van der Waals surface area contributed by atoms with Crippen molar-refractivity contribution in [3.63, 3.8) is 0 Å². The minimum absolute atomic E-state index is 0.615. The molecule has 3 heterocycles. The van der Waals surface area contributed by atoms with Crippen LogP contribution in [0.15, 0.2) is 53.1 Å². The van der Waals surface area contributed by atoms with Crippen LogP contribution in [0.4, 0.5) is 17.5 Å². The van der Waals surface area contributed by atoms with Crippen molar-refractivity contribution in [2.24, 2.45) is 0 Å². The van der Waals surface area contributed by atoms with E-state index in [0.717, 1.165) is 49.4 Å². The van der Waals surface area contributed by atoms with E-state index in [2.05, 4.69) is 51.3 Å². The van der Waals surface area contributed by atoms with Gasteiger partial charge in [-0.2, -0.15) is 4.98 Å². The summed E-state index contributed by atoms with van der Waals surface area (Å²) in [6, 6.07) is 14.5. The Bertz CT molecular complexity index is 885. The number of benzene rings is 1. The zero-order valence-electron chi connectivity index (χ0n) is 15.9. The van der Waals surface area contributed by atoms with Gasteiger partial charge in [0.25, 0.3) is 0 Å². The van der Waals surface area contributed by atoms with Gasteiger partial charge in [0.2, 0.25) is 5.95 Å². The summed E-state index contributed by atoms with van der Waals surface area (Å²) < 4.78 is 5.37. The molecule has 0 radical (unpaired) electrons. The van der Waals surface area contributed by atoms with Crippen molar-refractivity contribution in [3.05, 3.63) is 65.7 Å². The molecule has 1 aromatic carbocycles. The normalized spacial score (nSPS) is 14.4. The van der Waals surface area contributed by atoms with Gasteiger partial charge in [-0.1, -0.05) is 12.1 Å². The molecular weight excluding hydrogens is 338 g/mol. The van der Waals surface area contributed by atoms with Crippen LogP contribution < -0.4 is 15.1 Å².